The molecule has 1 aromatic heterocycles. The number of aromatic nitrogens is 1. The van der Waals surface area contributed by atoms with Gasteiger partial charge in [0.1, 0.15) is 6.61 Å². The minimum absolute atomic E-state index is 0.139. The Balaban J connectivity index is 1.51. The maximum absolute atomic E-state index is 13.2. The van der Waals surface area contributed by atoms with E-state index in [0.717, 1.165) is 24.8 Å². The fraction of sp³-hybridized carbons (Fsp3) is 0.400. The third kappa shape index (κ3) is 2.44. The average Bonchev–Trinajstić information content (AvgIpc) is 3.03. The molecule has 0 radical (unpaired) electrons. The van der Waals surface area contributed by atoms with E-state index >= 15 is 0 Å². The van der Waals surface area contributed by atoms with E-state index in [4.69, 9.17) is 9.47 Å². The van der Waals surface area contributed by atoms with Crippen molar-refractivity contribution in [2.24, 2.45) is 0 Å². The zero-order chi connectivity index (χ0) is 17.7. The molecule has 2 aliphatic heterocycles. The van der Waals surface area contributed by atoms with E-state index in [0.29, 0.717) is 12.2 Å². The van der Waals surface area contributed by atoms with Crippen LogP contribution in [-0.4, -0.2) is 33.7 Å². The summed E-state index contributed by atoms with van der Waals surface area (Å²) in [6, 6.07) is 11.3. The van der Waals surface area contributed by atoms with Crippen LogP contribution in [0.5, 0.6) is 5.75 Å². The van der Waals surface area contributed by atoms with Gasteiger partial charge in [-0.2, -0.15) is 0 Å². The second kappa shape index (κ2) is 5.99. The van der Waals surface area contributed by atoms with Gasteiger partial charge in [-0.05, 0) is 24.8 Å². The molecule has 0 N–H and O–H groups in total. The number of nitrogens with zero attached hydrogens (tertiary/aromatic N) is 2. The molecule has 0 spiro atoms. The van der Waals surface area contributed by atoms with Crippen LogP contribution >= 0.6 is 0 Å². The number of ether oxygens (including phenoxy) is 2. The van der Waals surface area contributed by atoms with Crippen molar-refractivity contribution in [1.82, 2.24) is 9.47 Å². The highest BCUT2D eigenvalue weighted by Gasteiger charge is 2.47. The van der Waals surface area contributed by atoms with Crippen molar-refractivity contribution in [3.05, 3.63) is 64.1 Å². The quantitative estimate of drug-likeness (QED) is 0.849. The number of carbonyl (C=O) groups is 1. The summed E-state index contributed by atoms with van der Waals surface area (Å²) < 4.78 is 13.7. The van der Waals surface area contributed by atoms with Crippen LogP contribution in [0.15, 0.2) is 47.4 Å². The first-order valence-corrected chi connectivity index (χ1v) is 9.09. The summed E-state index contributed by atoms with van der Waals surface area (Å²) in [5, 5.41) is 0. The monoisotopic (exact) mass is 352 g/mol. The largest absolute Gasteiger partial charge is 0.483 e. The summed E-state index contributed by atoms with van der Waals surface area (Å²) in [5.41, 5.74) is 1.04. The van der Waals surface area contributed by atoms with Crippen molar-refractivity contribution < 1.29 is 14.3 Å². The first kappa shape index (κ1) is 15.6. The molecular formula is C20H20N2O4. The molecule has 3 unspecified atom stereocenters. The highest BCUT2D eigenvalue weighted by atomic mass is 16.5. The molecule has 3 atom stereocenters. The van der Waals surface area contributed by atoms with Crippen LogP contribution in [0.25, 0.3) is 0 Å². The van der Waals surface area contributed by atoms with Crippen molar-refractivity contribution in [3.63, 3.8) is 0 Å². The smallest absolute Gasteiger partial charge is 0.276 e. The molecule has 1 saturated carbocycles. The van der Waals surface area contributed by atoms with Gasteiger partial charge in [0, 0.05) is 18.3 Å². The van der Waals surface area contributed by atoms with Gasteiger partial charge >= 0.3 is 0 Å². The molecular weight excluding hydrogens is 332 g/mol. The van der Waals surface area contributed by atoms with E-state index in [-0.39, 0.29) is 42.1 Å². The summed E-state index contributed by atoms with van der Waals surface area (Å²) in [4.78, 5) is 27.5. The third-order valence-electron chi connectivity index (χ3n) is 5.56. The number of rotatable bonds is 3. The zero-order valence-electron chi connectivity index (χ0n) is 14.3. The molecule has 6 heteroatoms. The molecule has 1 amide bonds. The second-order valence-electron chi connectivity index (χ2n) is 7.18. The van der Waals surface area contributed by atoms with Crippen molar-refractivity contribution >= 4 is 5.91 Å². The van der Waals surface area contributed by atoms with Crippen molar-refractivity contribution in [1.29, 1.82) is 0 Å². The van der Waals surface area contributed by atoms with Gasteiger partial charge in [0.25, 0.3) is 5.91 Å². The fourth-order valence-corrected chi connectivity index (χ4v) is 4.33. The van der Waals surface area contributed by atoms with Gasteiger partial charge in [0.05, 0.1) is 12.6 Å². The lowest BCUT2D eigenvalue weighted by Crippen LogP contribution is -2.57. The van der Waals surface area contributed by atoms with E-state index in [9.17, 15) is 9.59 Å². The first-order chi connectivity index (χ1) is 12.7. The van der Waals surface area contributed by atoms with Gasteiger partial charge in [-0.15, -0.1) is 0 Å². The van der Waals surface area contributed by atoms with E-state index in [1.807, 2.05) is 35.2 Å². The van der Waals surface area contributed by atoms with Crippen LogP contribution < -0.4 is 10.2 Å². The summed E-state index contributed by atoms with van der Waals surface area (Å²) >= 11 is 0. The Morgan fingerprint density at radius 3 is 2.81 bits per heavy atom. The van der Waals surface area contributed by atoms with Gasteiger partial charge in [-0.3, -0.25) is 9.59 Å². The fourth-order valence-electron chi connectivity index (χ4n) is 4.33. The lowest BCUT2D eigenvalue weighted by Gasteiger charge is -2.44. The Bertz CT molecular complexity index is 908. The average molecular weight is 352 g/mol. The zero-order valence-corrected chi connectivity index (χ0v) is 14.3. The number of hydrogen-bond donors (Lipinski definition) is 0. The molecule has 3 aliphatic rings. The maximum Gasteiger partial charge on any atom is 0.276 e. The molecule has 5 rings (SSSR count). The third-order valence-corrected chi connectivity index (χ3v) is 5.56. The number of benzene rings is 1. The molecule has 2 aromatic rings. The molecule has 26 heavy (non-hydrogen) atoms. The number of pyridine rings is 1. The second-order valence-corrected chi connectivity index (χ2v) is 7.18. The molecule has 6 nitrogen and oxygen atoms in total. The standard InChI is InChI=1S/C20H20N2O4/c23-16-8-9-21-11-17-22(14-6-7-15(10-14)26-17)20(24)18(21)19(16)25-12-13-4-2-1-3-5-13/h1-5,8-9,14-15,17H,6-7,10-12H2. The molecule has 3 heterocycles. The Morgan fingerprint density at radius 2 is 1.96 bits per heavy atom. The minimum atomic E-state index is -0.263. The number of fused-ring (bicyclic) bond motifs is 5. The van der Waals surface area contributed by atoms with Gasteiger partial charge < -0.3 is 18.9 Å². The number of carbonyl (C=O) groups excluding carboxylic acids is 1. The SMILES string of the molecule is O=C1c2c(OCc3ccccc3)c(=O)ccn2CC2OC3CCC(C3)N12. The predicted molar refractivity (Wildman–Crippen MR) is 93.9 cm³/mol. The minimum Gasteiger partial charge on any atom is -0.483 e. The van der Waals surface area contributed by atoms with Crippen LogP contribution in [-0.2, 0) is 17.9 Å². The Hall–Kier alpha value is -2.60. The topological polar surface area (TPSA) is 60.8 Å². The van der Waals surface area contributed by atoms with Gasteiger partial charge in [-0.25, -0.2) is 0 Å². The number of hydrogen-bond acceptors (Lipinski definition) is 4. The highest BCUT2D eigenvalue weighted by Crippen LogP contribution is 2.38. The first-order valence-electron chi connectivity index (χ1n) is 9.09. The van der Waals surface area contributed by atoms with E-state index in [2.05, 4.69) is 0 Å². The van der Waals surface area contributed by atoms with Gasteiger partial charge in [0.2, 0.25) is 5.43 Å². The van der Waals surface area contributed by atoms with Crippen LogP contribution in [0.1, 0.15) is 35.3 Å². The molecule has 1 aromatic carbocycles. The Morgan fingerprint density at radius 1 is 1.12 bits per heavy atom. The van der Waals surface area contributed by atoms with E-state index in [1.165, 1.54) is 6.07 Å². The van der Waals surface area contributed by atoms with Gasteiger partial charge in [-0.1, -0.05) is 30.3 Å². The molecule has 134 valence electrons. The summed E-state index contributed by atoms with van der Waals surface area (Å²) in [7, 11) is 0. The van der Waals surface area contributed by atoms with Crippen molar-refractivity contribution in [2.75, 3.05) is 0 Å². The van der Waals surface area contributed by atoms with Crippen LogP contribution in [0.3, 0.4) is 0 Å². The lowest BCUT2D eigenvalue weighted by atomic mass is 10.1. The predicted octanol–water partition coefficient (Wildman–Crippen LogP) is 2.16. The molecule has 1 aliphatic carbocycles. The van der Waals surface area contributed by atoms with E-state index in [1.54, 1.807) is 10.8 Å². The summed E-state index contributed by atoms with van der Waals surface area (Å²) in [6.07, 6.45) is 4.52. The van der Waals surface area contributed by atoms with Crippen molar-refractivity contribution in [3.8, 4) is 5.75 Å². The maximum atomic E-state index is 13.2. The number of amides is 1. The summed E-state index contributed by atoms with van der Waals surface area (Å²) in [6.45, 7) is 0.794. The highest BCUT2D eigenvalue weighted by molar-refractivity contribution is 5.96. The summed E-state index contributed by atoms with van der Waals surface area (Å²) in [5.74, 6) is -0.0210. The van der Waals surface area contributed by atoms with Gasteiger partial charge in [0.15, 0.2) is 17.7 Å². The molecule has 1 saturated heterocycles. The lowest BCUT2D eigenvalue weighted by molar-refractivity contribution is -0.132. The Kier molecular flexibility index (Phi) is 3.60. The van der Waals surface area contributed by atoms with Crippen molar-refractivity contribution in [2.45, 2.75) is 50.8 Å². The molecule has 2 bridgehead atoms. The molecule has 2 fully saturated rings. The van der Waals surface area contributed by atoms with E-state index < -0.39 is 0 Å². The van der Waals surface area contributed by atoms with Crippen LogP contribution in [0, 0.1) is 0 Å². The normalized spacial score (nSPS) is 26.4. The van der Waals surface area contributed by atoms with Crippen LogP contribution in [0.2, 0.25) is 0 Å². The van der Waals surface area contributed by atoms with Crippen LogP contribution in [0.4, 0.5) is 0 Å². The Labute approximate surface area is 150 Å².